The lowest BCUT2D eigenvalue weighted by molar-refractivity contribution is -0.0360. The number of aryl methyl sites for hydroxylation is 2. The van der Waals surface area contributed by atoms with E-state index in [1.807, 2.05) is 32.9 Å². The second-order valence-electron chi connectivity index (χ2n) is 4.57. The van der Waals surface area contributed by atoms with E-state index in [0.717, 1.165) is 16.7 Å². The van der Waals surface area contributed by atoms with Crippen LogP contribution in [0.4, 0.5) is 0 Å². The topological polar surface area (TPSA) is 38.7 Å². The zero-order valence-corrected chi connectivity index (χ0v) is 11.3. The van der Waals surface area contributed by atoms with Crippen molar-refractivity contribution in [3.63, 3.8) is 0 Å². The van der Waals surface area contributed by atoms with Crippen LogP contribution in [0.2, 0.25) is 0 Å². The molecular formula is C14H22O3. The summed E-state index contributed by atoms with van der Waals surface area (Å²) < 4.78 is 10.7. The van der Waals surface area contributed by atoms with Crippen LogP contribution in [0.3, 0.4) is 0 Å². The van der Waals surface area contributed by atoms with Crippen molar-refractivity contribution in [1.29, 1.82) is 0 Å². The van der Waals surface area contributed by atoms with Gasteiger partial charge in [-0.25, -0.2) is 0 Å². The molecule has 0 aliphatic rings. The maximum atomic E-state index is 10.5. The van der Waals surface area contributed by atoms with Crippen LogP contribution in [-0.4, -0.2) is 25.4 Å². The summed E-state index contributed by atoms with van der Waals surface area (Å²) in [6.45, 7) is 8.51. The Balaban J connectivity index is 3.19. The fourth-order valence-electron chi connectivity index (χ4n) is 2.15. The van der Waals surface area contributed by atoms with Crippen molar-refractivity contribution < 1.29 is 14.6 Å². The number of ether oxygens (including phenoxy) is 2. The Labute approximate surface area is 103 Å². The summed E-state index contributed by atoms with van der Waals surface area (Å²) in [5, 5.41) is 10.5. The molecule has 0 bridgehead atoms. The average Bonchev–Trinajstić information content (AvgIpc) is 2.24. The molecule has 0 heterocycles. The molecule has 96 valence electrons. The lowest BCUT2D eigenvalue weighted by Gasteiger charge is -2.27. The molecule has 0 spiro atoms. The molecule has 17 heavy (non-hydrogen) atoms. The monoisotopic (exact) mass is 238 g/mol. The predicted octanol–water partition coefficient (Wildman–Crippen LogP) is 2.56. The highest BCUT2D eigenvalue weighted by molar-refractivity contribution is 5.46. The standard InChI is InChI=1S/C14H22O3/c1-6-17-9-14(4,15)13-11(3)7-10(2)8-12(13)16-5/h7-8,15H,6,9H2,1-5H3. The number of aliphatic hydroxyl groups is 1. The van der Waals surface area contributed by atoms with E-state index in [4.69, 9.17) is 9.47 Å². The lowest BCUT2D eigenvalue weighted by Crippen LogP contribution is -2.29. The second kappa shape index (κ2) is 5.52. The van der Waals surface area contributed by atoms with Gasteiger partial charge in [-0.15, -0.1) is 0 Å². The molecular weight excluding hydrogens is 216 g/mol. The van der Waals surface area contributed by atoms with Gasteiger partial charge in [-0.1, -0.05) is 6.07 Å². The minimum absolute atomic E-state index is 0.268. The van der Waals surface area contributed by atoms with Gasteiger partial charge in [0.05, 0.1) is 13.7 Å². The molecule has 0 aliphatic heterocycles. The Morgan fingerprint density at radius 1 is 1.29 bits per heavy atom. The first-order valence-corrected chi connectivity index (χ1v) is 5.88. The van der Waals surface area contributed by atoms with E-state index in [0.29, 0.717) is 12.4 Å². The Hall–Kier alpha value is -1.06. The summed E-state index contributed by atoms with van der Waals surface area (Å²) in [4.78, 5) is 0. The van der Waals surface area contributed by atoms with E-state index in [1.165, 1.54) is 0 Å². The first-order chi connectivity index (χ1) is 7.92. The van der Waals surface area contributed by atoms with Gasteiger partial charge < -0.3 is 14.6 Å². The van der Waals surface area contributed by atoms with Crippen LogP contribution >= 0.6 is 0 Å². The quantitative estimate of drug-likeness (QED) is 0.856. The number of hydrogen-bond acceptors (Lipinski definition) is 3. The molecule has 1 rings (SSSR count). The van der Waals surface area contributed by atoms with Gasteiger partial charge in [0.25, 0.3) is 0 Å². The molecule has 1 unspecified atom stereocenters. The third-order valence-corrected chi connectivity index (χ3v) is 2.79. The largest absolute Gasteiger partial charge is 0.496 e. The highest BCUT2D eigenvalue weighted by Crippen LogP contribution is 2.34. The first-order valence-electron chi connectivity index (χ1n) is 5.88. The van der Waals surface area contributed by atoms with Crippen molar-refractivity contribution in [2.45, 2.75) is 33.3 Å². The number of rotatable bonds is 5. The van der Waals surface area contributed by atoms with Crippen LogP contribution in [0.1, 0.15) is 30.5 Å². The number of hydrogen-bond donors (Lipinski definition) is 1. The minimum atomic E-state index is -1.03. The fourth-order valence-corrected chi connectivity index (χ4v) is 2.15. The Morgan fingerprint density at radius 2 is 1.94 bits per heavy atom. The predicted molar refractivity (Wildman–Crippen MR) is 68.5 cm³/mol. The molecule has 0 amide bonds. The maximum absolute atomic E-state index is 10.5. The van der Waals surface area contributed by atoms with Crippen LogP contribution in [0, 0.1) is 13.8 Å². The van der Waals surface area contributed by atoms with E-state index in [1.54, 1.807) is 14.0 Å². The smallest absolute Gasteiger partial charge is 0.125 e. The molecule has 0 fully saturated rings. The SMILES string of the molecule is CCOCC(C)(O)c1c(C)cc(C)cc1OC. The average molecular weight is 238 g/mol. The Bertz CT molecular complexity index is 383. The van der Waals surface area contributed by atoms with Gasteiger partial charge in [-0.2, -0.15) is 0 Å². The molecule has 1 aromatic carbocycles. The van der Waals surface area contributed by atoms with Gasteiger partial charge in [0.1, 0.15) is 11.4 Å². The summed E-state index contributed by atoms with van der Waals surface area (Å²) in [5.41, 5.74) is 1.92. The lowest BCUT2D eigenvalue weighted by atomic mass is 9.90. The van der Waals surface area contributed by atoms with Crippen molar-refractivity contribution in [3.8, 4) is 5.75 Å². The third kappa shape index (κ3) is 3.20. The summed E-state index contributed by atoms with van der Waals surface area (Å²) in [5.74, 6) is 0.715. The van der Waals surface area contributed by atoms with Crippen LogP contribution in [-0.2, 0) is 10.3 Å². The van der Waals surface area contributed by atoms with Gasteiger partial charge in [0.15, 0.2) is 0 Å². The maximum Gasteiger partial charge on any atom is 0.125 e. The normalized spacial score (nSPS) is 14.5. The molecule has 0 aromatic heterocycles. The van der Waals surface area contributed by atoms with Gasteiger partial charge in [0, 0.05) is 12.2 Å². The van der Waals surface area contributed by atoms with Crippen LogP contribution in [0.5, 0.6) is 5.75 Å². The first kappa shape index (κ1) is 14.0. The Kier molecular flexibility index (Phi) is 4.54. The molecule has 0 saturated heterocycles. The summed E-state index contributed by atoms with van der Waals surface area (Å²) in [7, 11) is 1.62. The van der Waals surface area contributed by atoms with Crippen molar-refractivity contribution in [2.75, 3.05) is 20.3 Å². The molecule has 3 heteroatoms. The van der Waals surface area contributed by atoms with Gasteiger partial charge in [0.2, 0.25) is 0 Å². The molecule has 1 aromatic rings. The van der Waals surface area contributed by atoms with Crippen molar-refractivity contribution in [1.82, 2.24) is 0 Å². The van der Waals surface area contributed by atoms with Gasteiger partial charge in [-0.05, 0) is 44.9 Å². The zero-order chi connectivity index (χ0) is 13.1. The van der Waals surface area contributed by atoms with Crippen LogP contribution < -0.4 is 4.74 Å². The van der Waals surface area contributed by atoms with E-state index >= 15 is 0 Å². The highest BCUT2D eigenvalue weighted by atomic mass is 16.5. The molecule has 0 aliphatic carbocycles. The summed E-state index contributed by atoms with van der Waals surface area (Å²) in [6.07, 6.45) is 0. The van der Waals surface area contributed by atoms with E-state index in [2.05, 4.69) is 0 Å². The number of benzene rings is 1. The van der Waals surface area contributed by atoms with E-state index in [9.17, 15) is 5.11 Å². The van der Waals surface area contributed by atoms with E-state index < -0.39 is 5.60 Å². The highest BCUT2D eigenvalue weighted by Gasteiger charge is 2.29. The van der Waals surface area contributed by atoms with Gasteiger partial charge in [-0.3, -0.25) is 0 Å². The van der Waals surface area contributed by atoms with Gasteiger partial charge >= 0.3 is 0 Å². The number of methoxy groups -OCH3 is 1. The Morgan fingerprint density at radius 3 is 2.47 bits per heavy atom. The van der Waals surface area contributed by atoms with Crippen molar-refractivity contribution in [2.24, 2.45) is 0 Å². The van der Waals surface area contributed by atoms with E-state index in [-0.39, 0.29) is 6.61 Å². The van der Waals surface area contributed by atoms with Crippen LogP contribution in [0.15, 0.2) is 12.1 Å². The summed E-state index contributed by atoms with van der Waals surface area (Å²) >= 11 is 0. The zero-order valence-electron chi connectivity index (χ0n) is 11.3. The molecule has 0 saturated carbocycles. The minimum Gasteiger partial charge on any atom is -0.496 e. The molecule has 1 N–H and O–H groups in total. The molecule has 1 atom stereocenters. The fraction of sp³-hybridized carbons (Fsp3) is 0.571. The van der Waals surface area contributed by atoms with Crippen molar-refractivity contribution >= 4 is 0 Å². The molecule has 0 radical (unpaired) electrons. The second-order valence-corrected chi connectivity index (χ2v) is 4.57. The third-order valence-electron chi connectivity index (χ3n) is 2.79. The van der Waals surface area contributed by atoms with Crippen molar-refractivity contribution in [3.05, 3.63) is 28.8 Å². The van der Waals surface area contributed by atoms with Crippen LogP contribution in [0.25, 0.3) is 0 Å². The summed E-state index contributed by atoms with van der Waals surface area (Å²) in [6, 6.07) is 3.97. The molecule has 3 nitrogen and oxygen atoms in total.